The fourth-order valence-corrected chi connectivity index (χ4v) is 6.23. The van der Waals surface area contributed by atoms with E-state index in [4.69, 9.17) is 15.5 Å². The number of nitrogens with two attached hydrogens (primary N) is 1. The van der Waals surface area contributed by atoms with E-state index in [9.17, 15) is 23.9 Å². The second kappa shape index (κ2) is 9.07. The van der Waals surface area contributed by atoms with Gasteiger partial charge in [-0.3, -0.25) is 9.59 Å². The summed E-state index contributed by atoms with van der Waals surface area (Å²) in [5.41, 5.74) is 8.94. The van der Waals surface area contributed by atoms with Crippen LogP contribution in [0, 0.1) is 12.7 Å². The summed E-state index contributed by atoms with van der Waals surface area (Å²) in [7, 11) is 1.42. The molecule has 11 heteroatoms. The van der Waals surface area contributed by atoms with Gasteiger partial charge in [0, 0.05) is 45.9 Å². The van der Waals surface area contributed by atoms with Crippen molar-refractivity contribution in [1.82, 2.24) is 14.9 Å². The largest absolute Gasteiger partial charge is 0.381 e. The summed E-state index contributed by atoms with van der Waals surface area (Å²) in [6.07, 6.45) is -1.17. The van der Waals surface area contributed by atoms with Gasteiger partial charge in [-0.05, 0) is 31.0 Å². The number of rotatable bonds is 6. The van der Waals surface area contributed by atoms with Crippen LogP contribution in [0.25, 0.3) is 22.3 Å². The van der Waals surface area contributed by atoms with E-state index in [-0.39, 0.29) is 30.2 Å². The number of ether oxygens (including phenoxy) is 1. The first kappa shape index (κ1) is 24.6. The Balaban J connectivity index is 1.82. The molecule has 0 spiro atoms. The number of carbonyl (C=O) groups excluding carboxylic acids is 2. The maximum absolute atomic E-state index is 14.8. The minimum atomic E-state index is -1.52. The van der Waals surface area contributed by atoms with Crippen molar-refractivity contribution in [3.8, 4) is 11.4 Å². The molecule has 5 rings (SSSR count). The van der Waals surface area contributed by atoms with Crippen molar-refractivity contribution >= 4 is 34.9 Å². The number of pyridine rings is 2. The van der Waals surface area contributed by atoms with Crippen LogP contribution in [0.15, 0.2) is 21.8 Å². The smallest absolute Gasteiger partial charge is 0.257 e. The predicted octanol–water partition coefficient (Wildman–Crippen LogP) is 1.86. The maximum atomic E-state index is 14.8. The van der Waals surface area contributed by atoms with E-state index in [0.29, 0.717) is 34.5 Å². The zero-order valence-corrected chi connectivity index (χ0v) is 20.7. The van der Waals surface area contributed by atoms with Gasteiger partial charge in [-0.25, -0.2) is 9.37 Å². The van der Waals surface area contributed by atoms with Crippen molar-refractivity contribution in [3.63, 3.8) is 0 Å². The molecule has 4 N–H and O–H groups in total. The average molecular weight is 513 g/mol. The molecule has 4 heterocycles. The molecule has 2 aromatic heterocycles. The molecule has 0 radical (unpaired) electrons. The van der Waals surface area contributed by atoms with E-state index in [2.05, 4.69) is 5.32 Å². The van der Waals surface area contributed by atoms with Gasteiger partial charge in [0.15, 0.2) is 6.29 Å². The number of nitrogens with one attached hydrogen (secondary N) is 1. The minimum absolute atomic E-state index is 0.0871. The highest BCUT2D eigenvalue weighted by Gasteiger charge is 2.36. The molecule has 1 amide bonds. The third-order valence-electron chi connectivity index (χ3n) is 6.76. The third kappa shape index (κ3) is 3.65. The highest BCUT2D eigenvalue weighted by Crippen LogP contribution is 2.47. The number of hydrogen-bond donors (Lipinski definition) is 3. The van der Waals surface area contributed by atoms with Crippen LogP contribution in [-0.2, 0) is 27.5 Å². The monoisotopic (exact) mass is 512 g/mol. The lowest BCUT2D eigenvalue weighted by Gasteiger charge is -2.29. The first-order valence-electron chi connectivity index (χ1n) is 11.4. The van der Waals surface area contributed by atoms with E-state index in [0.717, 1.165) is 21.4 Å². The van der Waals surface area contributed by atoms with Gasteiger partial charge in [-0.15, -0.1) is 11.8 Å². The summed E-state index contributed by atoms with van der Waals surface area (Å²) in [6.45, 7) is 3.38. The van der Waals surface area contributed by atoms with Gasteiger partial charge in [0.1, 0.15) is 11.9 Å². The van der Waals surface area contributed by atoms with Gasteiger partial charge < -0.3 is 30.3 Å². The number of methoxy groups -OCH3 is 1. The van der Waals surface area contributed by atoms with Gasteiger partial charge in [-0.2, -0.15) is 0 Å². The van der Waals surface area contributed by atoms with Crippen molar-refractivity contribution in [2.45, 2.75) is 50.1 Å². The van der Waals surface area contributed by atoms with Crippen molar-refractivity contribution in [3.05, 3.63) is 56.1 Å². The first-order chi connectivity index (χ1) is 17.2. The Labute approximate surface area is 209 Å². The number of aromatic nitrogens is 2. The van der Waals surface area contributed by atoms with Crippen molar-refractivity contribution in [1.29, 1.82) is 0 Å². The first-order valence-corrected chi connectivity index (χ1v) is 12.4. The number of benzene rings is 1. The molecule has 9 nitrogen and oxygen atoms in total. The number of aliphatic hydroxyl groups excluding tert-OH is 1. The van der Waals surface area contributed by atoms with Crippen molar-refractivity contribution < 1.29 is 23.8 Å². The highest BCUT2D eigenvalue weighted by molar-refractivity contribution is 7.99. The van der Waals surface area contributed by atoms with Gasteiger partial charge in [0.05, 0.1) is 42.1 Å². The number of hydrogen-bond acceptors (Lipinski definition) is 8. The number of halogens is 1. The van der Waals surface area contributed by atoms with Crippen molar-refractivity contribution in [2.24, 2.45) is 5.73 Å². The maximum Gasteiger partial charge on any atom is 0.257 e. The standard InChI is InChI=1S/C25H25FN4O5S/c1-10-15(26)5-16-21-20(17(9-36-23(10)21)29-24(33)11(2)27)13-6-30-18(22(13)28-16)4-12(19(32)7-31)14(8-35-3)25(30)34/h4-5,7,11,17,19,32H,6,8-9,27H2,1-3H3,(H,29,33). The molecule has 2 aliphatic heterocycles. The number of aldehydes is 1. The van der Waals surface area contributed by atoms with Crippen LogP contribution in [0.1, 0.15) is 46.9 Å². The predicted molar refractivity (Wildman–Crippen MR) is 132 cm³/mol. The lowest BCUT2D eigenvalue weighted by molar-refractivity contribution is -0.122. The molecule has 0 fully saturated rings. The zero-order chi connectivity index (χ0) is 25.9. The van der Waals surface area contributed by atoms with Crippen LogP contribution in [-0.4, -0.2) is 45.8 Å². The van der Waals surface area contributed by atoms with Crippen molar-refractivity contribution in [2.75, 3.05) is 12.9 Å². The number of aliphatic hydroxyl groups is 1. The summed E-state index contributed by atoms with van der Waals surface area (Å²) < 4.78 is 21.5. The molecular formula is C25H25FN4O5S. The van der Waals surface area contributed by atoms with E-state index in [1.807, 2.05) is 0 Å². The van der Waals surface area contributed by atoms with Gasteiger partial charge >= 0.3 is 0 Å². The van der Waals surface area contributed by atoms with E-state index >= 15 is 0 Å². The van der Waals surface area contributed by atoms with Gasteiger partial charge in [0.2, 0.25) is 5.91 Å². The van der Waals surface area contributed by atoms with Crippen LogP contribution >= 0.6 is 11.8 Å². The summed E-state index contributed by atoms with van der Waals surface area (Å²) in [5, 5.41) is 14.1. The van der Waals surface area contributed by atoms with E-state index in [1.54, 1.807) is 19.9 Å². The molecule has 3 atom stereocenters. The number of thioether (sulfide) groups is 1. The summed E-state index contributed by atoms with van der Waals surface area (Å²) in [5.74, 6) is -0.270. The topological polar surface area (TPSA) is 137 Å². The summed E-state index contributed by atoms with van der Waals surface area (Å²) in [4.78, 5) is 42.9. The summed E-state index contributed by atoms with van der Waals surface area (Å²) >= 11 is 1.44. The Hall–Kier alpha value is -3.12. The van der Waals surface area contributed by atoms with Gasteiger partial charge in [-0.1, -0.05) is 0 Å². The molecule has 0 saturated heterocycles. The Kier molecular flexibility index (Phi) is 6.19. The molecule has 0 aliphatic carbocycles. The molecule has 2 aliphatic rings. The molecule has 1 aromatic carbocycles. The number of fused-ring (bicyclic) bond motifs is 4. The van der Waals surface area contributed by atoms with Crippen LogP contribution < -0.4 is 16.6 Å². The van der Waals surface area contributed by atoms with Gasteiger partial charge in [0.25, 0.3) is 5.56 Å². The minimum Gasteiger partial charge on any atom is -0.381 e. The van der Waals surface area contributed by atoms with Crippen LogP contribution in [0.4, 0.5) is 4.39 Å². The summed E-state index contributed by atoms with van der Waals surface area (Å²) in [6, 6.07) is 1.76. The molecule has 3 aromatic rings. The second-order valence-electron chi connectivity index (χ2n) is 9.09. The number of amides is 1. The average Bonchev–Trinajstić information content (AvgIpc) is 3.22. The Bertz CT molecular complexity index is 1500. The highest BCUT2D eigenvalue weighted by atomic mass is 32.2. The Morgan fingerprint density at radius 1 is 1.47 bits per heavy atom. The zero-order valence-electron chi connectivity index (χ0n) is 19.9. The molecule has 3 unspecified atom stereocenters. The van der Waals surface area contributed by atoms with Crippen LogP contribution in [0.3, 0.4) is 0 Å². The van der Waals surface area contributed by atoms with E-state index in [1.165, 1.54) is 29.5 Å². The molecule has 0 bridgehead atoms. The lowest BCUT2D eigenvalue weighted by Crippen LogP contribution is -2.41. The normalized spacial score (nSPS) is 17.4. The Morgan fingerprint density at radius 3 is 2.89 bits per heavy atom. The lowest BCUT2D eigenvalue weighted by atomic mass is 9.93. The quantitative estimate of drug-likeness (QED) is 0.333. The molecular weight excluding hydrogens is 487 g/mol. The fourth-order valence-electron chi connectivity index (χ4n) is 4.98. The number of nitrogens with zero attached hydrogens (tertiary/aromatic N) is 2. The van der Waals surface area contributed by atoms with Crippen LogP contribution in [0.5, 0.6) is 0 Å². The molecule has 36 heavy (non-hydrogen) atoms. The second-order valence-corrected chi connectivity index (χ2v) is 10.1. The Morgan fingerprint density at radius 2 is 2.22 bits per heavy atom. The fraction of sp³-hybridized carbons (Fsp3) is 0.360. The molecule has 0 saturated carbocycles. The number of carbonyl (C=O) groups is 2. The van der Waals surface area contributed by atoms with Crippen LogP contribution in [0.2, 0.25) is 0 Å². The van der Waals surface area contributed by atoms with E-state index < -0.39 is 29.6 Å². The third-order valence-corrected chi connectivity index (χ3v) is 8.06. The molecule has 188 valence electrons. The SMILES string of the molecule is COCc1c(C(O)C=O)cc2n(c1=O)Cc1c-2nc2cc(F)c(C)c3c2c1C(NC(=O)C(C)N)CS3.